The van der Waals surface area contributed by atoms with Crippen LogP contribution < -0.4 is 4.74 Å². The Kier molecular flexibility index (Phi) is 9.16. The van der Waals surface area contributed by atoms with Crippen LogP contribution in [0.1, 0.15) is 68.1 Å². The van der Waals surface area contributed by atoms with Gasteiger partial charge in [-0.3, -0.25) is 14.2 Å². The van der Waals surface area contributed by atoms with Crippen molar-refractivity contribution in [1.29, 1.82) is 0 Å². The molecule has 0 N–H and O–H groups in total. The van der Waals surface area contributed by atoms with E-state index in [0.717, 1.165) is 23.8 Å². The zero-order valence-corrected chi connectivity index (χ0v) is 22.6. The number of carbonyl (C=O) groups is 2. The molecule has 1 aromatic heterocycles. The molecule has 0 radical (unpaired) electrons. The number of ether oxygens (including phenoxy) is 2. The van der Waals surface area contributed by atoms with Crippen molar-refractivity contribution >= 4 is 34.4 Å². The lowest BCUT2D eigenvalue weighted by Gasteiger charge is -2.13. The monoisotopic (exact) mass is 507 g/mol. The van der Waals surface area contributed by atoms with Gasteiger partial charge in [-0.2, -0.15) is 0 Å². The van der Waals surface area contributed by atoms with Gasteiger partial charge < -0.3 is 9.47 Å². The number of rotatable bonds is 9. The Morgan fingerprint density at radius 3 is 2.39 bits per heavy atom. The molecule has 2 aromatic carbocycles. The fourth-order valence-electron chi connectivity index (χ4n) is 4.28. The summed E-state index contributed by atoms with van der Waals surface area (Å²) in [6.45, 7) is 10.1. The Bertz CT molecular complexity index is 1310. The molecule has 5 nitrogen and oxygen atoms in total. The predicted octanol–water partition coefficient (Wildman–Crippen LogP) is 7.64. The van der Waals surface area contributed by atoms with E-state index >= 15 is 0 Å². The number of aromatic nitrogens is 1. The second-order valence-electron chi connectivity index (χ2n) is 9.25. The molecule has 1 heterocycles. The van der Waals surface area contributed by atoms with Gasteiger partial charge in [-0.25, -0.2) is 0 Å². The van der Waals surface area contributed by atoms with Crippen molar-refractivity contribution in [3.8, 4) is 5.75 Å². The first kappa shape index (κ1) is 27.3. The first-order valence-electron chi connectivity index (χ1n) is 12.1. The van der Waals surface area contributed by atoms with Crippen molar-refractivity contribution in [2.45, 2.75) is 53.4 Å². The van der Waals surface area contributed by atoms with Crippen LogP contribution in [0.3, 0.4) is 0 Å². The van der Waals surface area contributed by atoms with E-state index in [2.05, 4.69) is 19.9 Å². The van der Waals surface area contributed by atoms with Crippen LogP contribution in [0, 0.1) is 6.92 Å². The maximum Gasteiger partial charge on any atom is 0.313 e. The summed E-state index contributed by atoms with van der Waals surface area (Å²) in [6, 6.07) is 12.3. The summed E-state index contributed by atoms with van der Waals surface area (Å²) in [5, 5.41) is 1.34. The summed E-state index contributed by atoms with van der Waals surface area (Å²) < 4.78 is 12.7. The maximum absolute atomic E-state index is 13.5. The molecule has 3 aromatic rings. The fraction of sp³-hybridized carbons (Fsp3) is 0.333. The molecule has 1 unspecified atom stereocenters. The summed E-state index contributed by atoms with van der Waals surface area (Å²) in [5.74, 6) is -0.457. The Labute approximate surface area is 218 Å². The Morgan fingerprint density at radius 1 is 1.06 bits per heavy atom. The molecular weight excluding hydrogens is 474 g/mol. The van der Waals surface area contributed by atoms with Crippen molar-refractivity contribution in [3.05, 3.63) is 87.6 Å². The first-order valence-corrected chi connectivity index (χ1v) is 12.5. The molecule has 0 bridgehead atoms. The average Bonchev–Trinajstić information content (AvgIpc) is 3.13. The van der Waals surface area contributed by atoms with E-state index in [1.165, 1.54) is 11.1 Å². The number of halogens is 1. The topological polar surface area (TPSA) is 57.5 Å². The van der Waals surface area contributed by atoms with E-state index in [9.17, 15) is 9.59 Å². The number of allylic oxidation sites excluding steroid dienone is 3. The molecule has 0 amide bonds. The van der Waals surface area contributed by atoms with Gasteiger partial charge in [-0.1, -0.05) is 28.8 Å². The third-order valence-electron chi connectivity index (χ3n) is 6.29. The van der Waals surface area contributed by atoms with Crippen molar-refractivity contribution in [2.24, 2.45) is 0 Å². The highest BCUT2D eigenvalue weighted by Gasteiger charge is 2.27. The summed E-state index contributed by atoms with van der Waals surface area (Å²) >= 11 is 6.01. The Balaban J connectivity index is 1.91. The van der Waals surface area contributed by atoms with Gasteiger partial charge in [-0.05, 0) is 102 Å². The minimum atomic E-state index is -0.571. The van der Waals surface area contributed by atoms with E-state index < -0.39 is 5.92 Å². The minimum absolute atomic E-state index is 0.193. The maximum atomic E-state index is 13.5. The fourth-order valence-corrected chi connectivity index (χ4v) is 4.40. The van der Waals surface area contributed by atoms with Crippen LogP contribution >= 0.6 is 11.6 Å². The predicted molar refractivity (Wildman–Crippen MR) is 146 cm³/mol. The van der Waals surface area contributed by atoms with Crippen molar-refractivity contribution in [2.75, 3.05) is 13.7 Å². The van der Waals surface area contributed by atoms with Crippen molar-refractivity contribution in [1.82, 2.24) is 4.57 Å². The van der Waals surface area contributed by atoms with Crippen LogP contribution in [0.25, 0.3) is 10.9 Å². The molecule has 0 saturated heterocycles. The van der Waals surface area contributed by atoms with Crippen LogP contribution in [0.4, 0.5) is 0 Å². The SMILES string of the molecule is COc1ccc2c(c1)c(C(C)C(=O)OCC=C(C)CCC=C(C)C)c(C)n2C(=O)c1ccc(Cl)cc1. The van der Waals surface area contributed by atoms with E-state index in [1.807, 2.05) is 45.0 Å². The number of esters is 1. The summed E-state index contributed by atoms with van der Waals surface area (Å²) in [6.07, 6.45) is 6.05. The second-order valence-corrected chi connectivity index (χ2v) is 9.69. The van der Waals surface area contributed by atoms with E-state index in [4.69, 9.17) is 21.1 Å². The average molecular weight is 508 g/mol. The molecular formula is C30H34ClNO4. The van der Waals surface area contributed by atoms with Crippen LogP contribution in [0.2, 0.25) is 5.02 Å². The molecule has 0 saturated carbocycles. The third-order valence-corrected chi connectivity index (χ3v) is 6.54. The lowest BCUT2D eigenvalue weighted by molar-refractivity contribution is -0.143. The van der Waals surface area contributed by atoms with Gasteiger partial charge in [0, 0.05) is 21.7 Å². The minimum Gasteiger partial charge on any atom is -0.497 e. The van der Waals surface area contributed by atoms with Gasteiger partial charge in [0.2, 0.25) is 0 Å². The Morgan fingerprint density at radius 2 is 1.75 bits per heavy atom. The zero-order valence-electron chi connectivity index (χ0n) is 21.9. The van der Waals surface area contributed by atoms with Crippen LogP contribution in [0.5, 0.6) is 5.75 Å². The molecule has 0 aliphatic rings. The zero-order chi connectivity index (χ0) is 26.4. The Hall–Kier alpha value is -3.31. The number of hydrogen-bond acceptors (Lipinski definition) is 4. The number of fused-ring (bicyclic) bond motifs is 1. The molecule has 36 heavy (non-hydrogen) atoms. The summed E-state index contributed by atoms with van der Waals surface area (Å²) in [5.41, 5.74) is 5.13. The molecule has 0 aliphatic heterocycles. The number of methoxy groups -OCH3 is 1. The molecule has 190 valence electrons. The van der Waals surface area contributed by atoms with Crippen LogP contribution in [-0.4, -0.2) is 30.2 Å². The lowest BCUT2D eigenvalue weighted by Crippen LogP contribution is -2.17. The van der Waals surface area contributed by atoms with Gasteiger partial charge >= 0.3 is 5.97 Å². The lowest BCUT2D eigenvalue weighted by atomic mass is 9.98. The smallest absolute Gasteiger partial charge is 0.313 e. The largest absolute Gasteiger partial charge is 0.497 e. The highest BCUT2D eigenvalue weighted by atomic mass is 35.5. The standard InChI is InChI=1S/C30H34ClNO4/c1-19(2)8-7-9-20(3)16-17-36-30(34)21(4)28-22(5)32(27-15-14-25(35-6)18-26(27)28)29(33)23-10-12-24(31)13-11-23/h8,10-16,18,21H,7,9,17H2,1-6H3. The van der Waals surface area contributed by atoms with Crippen molar-refractivity contribution in [3.63, 3.8) is 0 Å². The van der Waals surface area contributed by atoms with Crippen LogP contribution in [0.15, 0.2) is 65.8 Å². The molecule has 6 heteroatoms. The second kappa shape index (κ2) is 12.1. The first-order chi connectivity index (χ1) is 17.1. The molecule has 0 aliphatic carbocycles. The number of hydrogen-bond donors (Lipinski definition) is 0. The highest BCUT2D eigenvalue weighted by molar-refractivity contribution is 6.30. The van der Waals surface area contributed by atoms with E-state index in [-0.39, 0.29) is 18.5 Å². The molecule has 0 spiro atoms. The van der Waals surface area contributed by atoms with E-state index in [0.29, 0.717) is 27.5 Å². The van der Waals surface area contributed by atoms with E-state index in [1.54, 1.807) is 35.9 Å². The van der Waals surface area contributed by atoms with Crippen LogP contribution in [-0.2, 0) is 9.53 Å². The summed E-state index contributed by atoms with van der Waals surface area (Å²) in [7, 11) is 1.59. The summed E-state index contributed by atoms with van der Waals surface area (Å²) in [4.78, 5) is 26.6. The molecule has 0 fully saturated rings. The number of carbonyl (C=O) groups excluding carboxylic acids is 2. The number of nitrogens with zero attached hydrogens (tertiary/aromatic N) is 1. The molecule has 3 rings (SSSR count). The van der Waals surface area contributed by atoms with Gasteiger partial charge in [-0.15, -0.1) is 0 Å². The quantitative estimate of drug-likeness (QED) is 0.220. The third kappa shape index (κ3) is 6.27. The van der Waals surface area contributed by atoms with Gasteiger partial charge in [0.25, 0.3) is 5.91 Å². The van der Waals surface area contributed by atoms with Gasteiger partial charge in [0.1, 0.15) is 12.4 Å². The normalized spacial score (nSPS) is 12.4. The number of benzene rings is 2. The molecule has 1 atom stereocenters. The van der Waals surface area contributed by atoms with Gasteiger partial charge in [0.05, 0.1) is 18.5 Å². The van der Waals surface area contributed by atoms with Gasteiger partial charge in [0.15, 0.2) is 0 Å². The van der Waals surface area contributed by atoms with Crippen molar-refractivity contribution < 1.29 is 19.1 Å². The highest BCUT2D eigenvalue weighted by Crippen LogP contribution is 2.35.